The van der Waals surface area contributed by atoms with E-state index in [2.05, 4.69) is 22.1 Å². The molecule has 0 aliphatic carbocycles. The van der Waals surface area contributed by atoms with E-state index in [1.807, 2.05) is 16.7 Å². The van der Waals surface area contributed by atoms with Crippen LogP contribution in [-0.4, -0.2) is 35.7 Å². The van der Waals surface area contributed by atoms with Crippen molar-refractivity contribution in [3.05, 3.63) is 54.6 Å². The SMILES string of the molecule is Fc1ccc(-c2cn3cc(N4CCCOCC4)ccc3n2)cc1. The summed E-state index contributed by atoms with van der Waals surface area (Å²) in [6, 6.07) is 10.6. The summed E-state index contributed by atoms with van der Waals surface area (Å²) in [5.41, 5.74) is 3.83. The van der Waals surface area contributed by atoms with Gasteiger partial charge in [0.25, 0.3) is 0 Å². The monoisotopic (exact) mass is 311 g/mol. The first-order valence-electron chi connectivity index (χ1n) is 7.87. The lowest BCUT2D eigenvalue weighted by Gasteiger charge is -2.21. The first kappa shape index (κ1) is 14.2. The fraction of sp³-hybridized carbons (Fsp3) is 0.278. The number of ether oxygens (including phenoxy) is 1. The normalized spacial score (nSPS) is 15.8. The Hall–Kier alpha value is -2.40. The van der Waals surface area contributed by atoms with Crippen LogP contribution in [0.25, 0.3) is 16.9 Å². The van der Waals surface area contributed by atoms with Crippen molar-refractivity contribution in [2.45, 2.75) is 6.42 Å². The number of anilines is 1. The van der Waals surface area contributed by atoms with Gasteiger partial charge in [-0.15, -0.1) is 0 Å². The highest BCUT2D eigenvalue weighted by Gasteiger charge is 2.11. The summed E-state index contributed by atoms with van der Waals surface area (Å²) in [7, 11) is 0. The molecule has 4 rings (SSSR count). The molecule has 1 saturated heterocycles. The molecule has 1 fully saturated rings. The van der Waals surface area contributed by atoms with Gasteiger partial charge in [-0.3, -0.25) is 0 Å². The maximum atomic E-state index is 13.1. The molecule has 0 spiro atoms. The molecule has 118 valence electrons. The zero-order chi connectivity index (χ0) is 15.6. The van der Waals surface area contributed by atoms with Crippen molar-refractivity contribution in [2.75, 3.05) is 31.2 Å². The number of hydrogen-bond acceptors (Lipinski definition) is 3. The fourth-order valence-corrected chi connectivity index (χ4v) is 2.93. The minimum Gasteiger partial charge on any atom is -0.380 e. The second-order valence-corrected chi connectivity index (χ2v) is 5.74. The predicted molar refractivity (Wildman–Crippen MR) is 88.2 cm³/mol. The van der Waals surface area contributed by atoms with Crippen LogP contribution in [0.1, 0.15) is 6.42 Å². The third-order valence-corrected chi connectivity index (χ3v) is 4.16. The number of hydrogen-bond donors (Lipinski definition) is 0. The molecule has 23 heavy (non-hydrogen) atoms. The Bertz CT molecular complexity index is 805. The standard InChI is InChI=1S/C18H18FN3O/c19-15-4-2-14(3-5-15)17-13-22-12-16(6-7-18(22)20-17)21-8-1-10-23-11-9-21/h2-7,12-13H,1,8-11H2. The van der Waals surface area contributed by atoms with Gasteiger partial charge in [-0.25, -0.2) is 9.37 Å². The summed E-state index contributed by atoms with van der Waals surface area (Å²) in [6.45, 7) is 3.51. The van der Waals surface area contributed by atoms with E-state index in [-0.39, 0.29) is 5.82 Å². The first-order chi connectivity index (χ1) is 11.3. The molecule has 4 nitrogen and oxygen atoms in total. The van der Waals surface area contributed by atoms with E-state index in [1.165, 1.54) is 17.8 Å². The van der Waals surface area contributed by atoms with Crippen LogP contribution in [0.3, 0.4) is 0 Å². The third-order valence-electron chi connectivity index (χ3n) is 4.16. The Balaban J connectivity index is 1.67. The van der Waals surface area contributed by atoms with Crippen LogP contribution in [0.15, 0.2) is 48.8 Å². The van der Waals surface area contributed by atoms with Gasteiger partial charge < -0.3 is 14.0 Å². The minimum atomic E-state index is -0.233. The van der Waals surface area contributed by atoms with Gasteiger partial charge in [-0.05, 0) is 42.8 Å². The minimum absolute atomic E-state index is 0.233. The molecule has 2 aromatic heterocycles. The second-order valence-electron chi connectivity index (χ2n) is 5.74. The van der Waals surface area contributed by atoms with Gasteiger partial charge in [0.1, 0.15) is 11.5 Å². The number of rotatable bonds is 2. The maximum Gasteiger partial charge on any atom is 0.137 e. The van der Waals surface area contributed by atoms with Gasteiger partial charge in [0.2, 0.25) is 0 Å². The molecule has 1 aliphatic heterocycles. The summed E-state index contributed by atoms with van der Waals surface area (Å²) >= 11 is 0. The Morgan fingerprint density at radius 2 is 1.83 bits per heavy atom. The molecule has 0 radical (unpaired) electrons. The van der Waals surface area contributed by atoms with Crippen LogP contribution in [0, 0.1) is 5.82 Å². The number of aromatic nitrogens is 2. The average Bonchev–Trinajstić information content (AvgIpc) is 2.80. The quantitative estimate of drug-likeness (QED) is 0.727. The van der Waals surface area contributed by atoms with Gasteiger partial charge >= 0.3 is 0 Å². The van der Waals surface area contributed by atoms with Crippen molar-refractivity contribution in [1.29, 1.82) is 0 Å². The van der Waals surface area contributed by atoms with E-state index in [4.69, 9.17) is 4.74 Å². The molecule has 0 N–H and O–H groups in total. The van der Waals surface area contributed by atoms with Gasteiger partial charge in [-0.1, -0.05) is 0 Å². The van der Waals surface area contributed by atoms with E-state index in [0.29, 0.717) is 0 Å². The first-order valence-corrected chi connectivity index (χ1v) is 7.87. The smallest absolute Gasteiger partial charge is 0.137 e. The number of imidazole rings is 1. The van der Waals surface area contributed by atoms with Crippen molar-refractivity contribution in [3.8, 4) is 11.3 Å². The molecule has 0 unspecified atom stereocenters. The summed E-state index contributed by atoms with van der Waals surface area (Å²) in [6.07, 6.45) is 5.13. The highest BCUT2D eigenvalue weighted by atomic mass is 19.1. The Morgan fingerprint density at radius 1 is 0.957 bits per heavy atom. The third kappa shape index (κ3) is 2.92. The Labute approximate surface area is 134 Å². The number of nitrogens with zero attached hydrogens (tertiary/aromatic N) is 3. The zero-order valence-corrected chi connectivity index (χ0v) is 12.8. The highest BCUT2D eigenvalue weighted by Crippen LogP contribution is 2.22. The van der Waals surface area contributed by atoms with Crippen molar-refractivity contribution >= 4 is 11.3 Å². The summed E-state index contributed by atoms with van der Waals surface area (Å²) in [4.78, 5) is 6.95. The van der Waals surface area contributed by atoms with Crippen LogP contribution in [-0.2, 0) is 4.74 Å². The Morgan fingerprint density at radius 3 is 2.70 bits per heavy atom. The molecule has 3 aromatic rings. The molecule has 1 aromatic carbocycles. The fourth-order valence-electron chi connectivity index (χ4n) is 2.93. The predicted octanol–water partition coefficient (Wildman–Crippen LogP) is 3.37. The molecule has 0 amide bonds. The van der Waals surface area contributed by atoms with E-state index >= 15 is 0 Å². The highest BCUT2D eigenvalue weighted by molar-refractivity contribution is 5.64. The molecular formula is C18H18FN3O. The molecule has 3 heterocycles. The van der Waals surface area contributed by atoms with Crippen molar-refractivity contribution in [2.24, 2.45) is 0 Å². The van der Waals surface area contributed by atoms with Crippen LogP contribution in [0.4, 0.5) is 10.1 Å². The molecular weight excluding hydrogens is 293 g/mol. The summed E-state index contributed by atoms with van der Waals surface area (Å²) in [5.74, 6) is -0.233. The van der Waals surface area contributed by atoms with Crippen LogP contribution >= 0.6 is 0 Å². The molecule has 0 saturated carbocycles. The van der Waals surface area contributed by atoms with E-state index in [1.54, 1.807) is 12.1 Å². The largest absolute Gasteiger partial charge is 0.380 e. The van der Waals surface area contributed by atoms with Gasteiger partial charge in [0, 0.05) is 37.7 Å². The summed E-state index contributed by atoms with van der Waals surface area (Å²) < 4.78 is 20.6. The lowest BCUT2D eigenvalue weighted by atomic mass is 10.2. The number of pyridine rings is 1. The number of benzene rings is 1. The molecule has 5 heteroatoms. The topological polar surface area (TPSA) is 29.8 Å². The van der Waals surface area contributed by atoms with E-state index in [0.717, 1.165) is 49.6 Å². The van der Waals surface area contributed by atoms with Crippen molar-refractivity contribution in [3.63, 3.8) is 0 Å². The van der Waals surface area contributed by atoms with Crippen LogP contribution in [0.2, 0.25) is 0 Å². The van der Waals surface area contributed by atoms with Crippen molar-refractivity contribution < 1.29 is 9.13 Å². The molecule has 0 atom stereocenters. The molecule has 1 aliphatic rings. The van der Waals surface area contributed by atoms with Crippen LogP contribution in [0.5, 0.6) is 0 Å². The molecule has 0 bridgehead atoms. The maximum absolute atomic E-state index is 13.1. The van der Waals surface area contributed by atoms with E-state index < -0.39 is 0 Å². The number of fused-ring (bicyclic) bond motifs is 1. The van der Waals surface area contributed by atoms with Gasteiger partial charge in [0.05, 0.1) is 18.0 Å². The number of halogens is 1. The summed E-state index contributed by atoms with van der Waals surface area (Å²) in [5, 5.41) is 0. The van der Waals surface area contributed by atoms with Crippen LogP contribution < -0.4 is 4.90 Å². The lowest BCUT2D eigenvalue weighted by molar-refractivity contribution is 0.152. The average molecular weight is 311 g/mol. The Kier molecular flexibility index (Phi) is 3.71. The van der Waals surface area contributed by atoms with Gasteiger partial charge in [-0.2, -0.15) is 0 Å². The second kappa shape index (κ2) is 6.01. The van der Waals surface area contributed by atoms with Crippen molar-refractivity contribution in [1.82, 2.24) is 9.38 Å². The lowest BCUT2D eigenvalue weighted by Crippen LogP contribution is -2.25. The van der Waals surface area contributed by atoms with Gasteiger partial charge in [0.15, 0.2) is 0 Å². The zero-order valence-electron chi connectivity index (χ0n) is 12.8. The van der Waals surface area contributed by atoms with E-state index in [9.17, 15) is 4.39 Å².